The molecule has 0 radical (unpaired) electrons. The van der Waals surface area contributed by atoms with Crippen LogP contribution >= 0.6 is 0 Å². The molecule has 76 valence electrons. The third kappa shape index (κ3) is 3.26. The summed E-state index contributed by atoms with van der Waals surface area (Å²) in [6, 6.07) is 8.45. The zero-order valence-electron chi connectivity index (χ0n) is 8.56. The van der Waals surface area contributed by atoms with E-state index in [2.05, 4.69) is 48.6 Å². The van der Waals surface area contributed by atoms with Crippen LogP contribution in [-0.2, 0) is 32.6 Å². The fraction of sp³-hybridized carbons (Fsp3) is 0.231. The van der Waals surface area contributed by atoms with Crippen LogP contribution < -0.4 is 0 Å². The van der Waals surface area contributed by atoms with E-state index < -0.39 is 0 Å². The maximum absolute atomic E-state index is 8.78. The predicted molar refractivity (Wildman–Crippen MR) is 58.3 cm³/mol. The number of aliphatic hydroxyl groups excluding tert-OH is 1. The van der Waals surface area contributed by atoms with Crippen molar-refractivity contribution < 1.29 is 31.3 Å². The number of benzene rings is 1. The molecule has 2 rings (SSSR count). The van der Waals surface area contributed by atoms with Gasteiger partial charge in [0.05, 0.1) is 0 Å². The fourth-order valence-electron chi connectivity index (χ4n) is 1.69. The van der Waals surface area contributed by atoms with E-state index in [1.54, 1.807) is 0 Å². The van der Waals surface area contributed by atoms with E-state index in [9.17, 15) is 0 Å². The summed E-state index contributed by atoms with van der Waals surface area (Å²) in [7, 11) is 0. The smallest absolute Gasteiger partial charge is 0.0471 e. The topological polar surface area (TPSA) is 20.2 Å². The summed E-state index contributed by atoms with van der Waals surface area (Å²) in [5.41, 5.74) is 2.51. The van der Waals surface area contributed by atoms with Crippen LogP contribution in [0.3, 0.4) is 0 Å². The van der Waals surface area contributed by atoms with E-state index in [0.29, 0.717) is 5.92 Å². The van der Waals surface area contributed by atoms with Gasteiger partial charge in [-0.3, -0.25) is 0 Å². The summed E-state index contributed by atoms with van der Waals surface area (Å²) in [5.74, 6) is 0.443. The van der Waals surface area contributed by atoms with Gasteiger partial charge in [-0.25, -0.2) is 0 Å². The summed E-state index contributed by atoms with van der Waals surface area (Å²) in [5, 5.41) is 8.78. The maximum atomic E-state index is 8.78. The molecule has 0 atom stereocenters. The molecule has 0 aliphatic heterocycles. The molecule has 1 aliphatic carbocycles. The molecule has 1 aromatic rings. The molecule has 0 fully saturated rings. The number of rotatable bonds is 3. The Morgan fingerprint density at radius 2 is 1.60 bits per heavy atom. The summed E-state index contributed by atoms with van der Waals surface area (Å²) in [6.45, 7) is 0.225. The molecule has 0 heterocycles. The third-order valence-electron chi connectivity index (χ3n) is 2.51. The van der Waals surface area contributed by atoms with Gasteiger partial charge in [-0.05, 0) is 17.5 Å². The first kappa shape index (κ1) is 12.6. The first-order valence-corrected chi connectivity index (χ1v) is 4.95. The summed E-state index contributed by atoms with van der Waals surface area (Å²) in [4.78, 5) is 0. The van der Waals surface area contributed by atoms with Crippen molar-refractivity contribution in [2.75, 3.05) is 6.61 Å². The summed E-state index contributed by atoms with van der Waals surface area (Å²) < 4.78 is 0. The molecule has 15 heavy (non-hydrogen) atoms. The molecule has 1 aliphatic rings. The van der Waals surface area contributed by atoms with Gasteiger partial charge in [0.15, 0.2) is 0 Å². The first-order valence-electron chi connectivity index (χ1n) is 4.95. The fourth-order valence-corrected chi connectivity index (χ4v) is 1.69. The van der Waals surface area contributed by atoms with Gasteiger partial charge < -0.3 is 5.11 Å². The second kappa shape index (κ2) is 6.20. The van der Waals surface area contributed by atoms with Gasteiger partial charge in [0.1, 0.15) is 0 Å². The van der Waals surface area contributed by atoms with Crippen molar-refractivity contribution >= 4 is 0 Å². The van der Waals surface area contributed by atoms with Crippen LogP contribution in [-0.4, -0.2) is 11.7 Å². The minimum atomic E-state index is 0. The second-order valence-electron chi connectivity index (χ2n) is 3.51. The Kier molecular flexibility index (Phi) is 5.21. The zero-order valence-corrected chi connectivity index (χ0v) is 11.0. The largest absolute Gasteiger partial charge is 0.396 e. The molecule has 1 nitrogen and oxygen atoms in total. The zero-order chi connectivity index (χ0) is 9.80. The van der Waals surface area contributed by atoms with Crippen molar-refractivity contribution in [1.82, 2.24) is 0 Å². The third-order valence-corrected chi connectivity index (χ3v) is 2.51. The van der Waals surface area contributed by atoms with Gasteiger partial charge in [-0.2, -0.15) is 0 Å². The molecule has 0 aromatic heterocycles. The van der Waals surface area contributed by atoms with Gasteiger partial charge >= 0.3 is 0 Å². The number of aliphatic hydroxyl groups is 1. The van der Waals surface area contributed by atoms with Crippen LogP contribution in [0.5, 0.6) is 0 Å². The molecule has 2 heteroatoms. The average molecular weight is 277 g/mol. The summed E-state index contributed by atoms with van der Waals surface area (Å²) in [6.07, 6.45) is 9.26. The Hall–Kier alpha value is -0.457. The minimum absolute atomic E-state index is 0. The van der Waals surface area contributed by atoms with Gasteiger partial charge in [-0.1, -0.05) is 48.6 Å². The van der Waals surface area contributed by atoms with E-state index in [0.717, 1.165) is 6.42 Å². The second-order valence-corrected chi connectivity index (χ2v) is 3.51. The molecule has 0 spiro atoms. The van der Waals surface area contributed by atoms with Crippen LogP contribution in [0.4, 0.5) is 0 Å². The number of hydrogen-bond acceptors (Lipinski definition) is 1. The van der Waals surface area contributed by atoms with Gasteiger partial charge in [0.25, 0.3) is 0 Å². The standard InChI is InChI=1S/C13H14O.Zr/c14-10-9-11-5-7-13(8-6-11)12-3-1-2-4-12;/h1-8,12,14H,9-10H2;. The van der Waals surface area contributed by atoms with Crippen molar-refractivity contribution in [3.63, 3.8) is 0 Å². The van der Waals surface area contributed by atoms with Gasteiger partial charge in [0, 0.05) is 38.7 Å². The Labute approximate surface area is 110 Å². The van der Waals surface area contributed by atoms with Crippen molar-refractivity contribution in [2.45, 2.75) is 12.3 Å². The molecule has 1 N–H and O–H groups in total. The van der Waals surface area contributed by atoms with Crippen LogP contribution in [0, 0.1) is 0 Å². The molecule has 0 bridgehead atoms. The molecule has 0 amide bonds. The number of hydrogen-bond donors (Lipinski definition) is 1. The van der Waals surface area contributed by atoms with Crippen molar-refractivity contribution in [1.29, 1.82) is 0 Å². The molecule has 1 aromatic carbocycles. The molecular formula is C13H14OZr. The van der Waals surface area contributed by atoms with Crippen molar-refractivity contribution in [3.05, 3.63) is 59.7 Å². The van der Waals surface area contributed by atoms with E-state index in [1.165, 1.54) is 11.1 Å². The molecular weight excluding hydrogens is 263 g/mol. The number of allylic oxidation sites excluding steroid dienone is 4. The minimum Gasteiger partial charge on any atom is -0.396 e. The Morgan fingerprint density at radius 1 is 1.00 bits per heavy atom. The Balaban J connectivity index is 0.00000112. The van der Waals surface area contributed by atoms with E-state index >= 15 is 0 Å². The normalized spacial score (nSPS) is 14.2. The molecule has 0 saturated heterocycles. The summed E-state index contributed by atoms with van der Waals surface area (Å²) >= 11 is 0. The molecule has 0 saturated carbocycles. The first-order chi connectivity index (χ1) is 6.90. The Morgan fingerprint density at radius 3 is 2.13 bits per heavy atom. The van der Waals surface area contributed by atoms with Crippen molar-refractivity contribution in [2.24, 2.45) is 0 Å². The monoisotopic (exact) mass is 276 g/mol. The van der Waals surface area contributed by atoms with Gasteiger partial charge in [-0.15, -0.1) is 0 Å². The van der Waals surface area contributed by atoms with E-state index in [4.69, 9.17) is 5.11 Å². The van der Waals surface area contributed by atoms with E-state index in [-0.39, 0.29) is 32.8 Å². The maximum Gasteiger partial charge on any atom is 0.0471 e. The van der Waals surface area contributed by atoms with Crippen LogP contribution in [0.1, 0.15) is 17.0 Å². The predicted octanol–water partition coefficient (Wildman–Crippen LogP) is 2.43. The Bertz CT molecular complexity index is 339. The van der Waals surface area contributed by atoms with Crippen molar-refractivity contribution in [3.8, 4) is 0 Å². The van der Waals surface area contributed by atoms with E-state index in [1.807, 2.05) is 0 Å². The SMILES string of the molecule is OCCc1ccc(C2C=CC=C2)cc1.[Zr]. The van der Waals surface area contributed by atoms with Gasteiger partial charge in [0.2, 0.25) is 0 Å². The quantitative estimate of drug-likeness (QED) is 0.900. The average Bonchev–Trinajstić information content (AvgIpc) is 2.72. The van der Waals surface area contributed by atoms with Crippen LogP contribution in [0.2, 0.25) is 0 Å². The molecule has 0 unspecified atom stereocenters. The van der Waals surface area contributed by atoms with Crippen LogP contribution in [0.25, 0.3) is 0 Å². The van der Waals surface area contributed by atoms with Crippen LogP contribution in [0.15, 0.2) is 48.6 Å².